The summed E-state index contributed by atoms with van der Waals surface area (Å²) in [5.41, 5.74) is 18.0. The van der Waals surface area contributed by atoms with E-state index in [0.29, 0.717) is 0 Å². The number of aryl methyl sites for hydroxylation is 1. The highest BCUT2D eigenvalue weighted by Gasteiger charge is 2.51. The van der Waals surface area contributed by atoms with Gasteiger partial charge in [0.25, 0.3) is 0 Å². The monoisotopic (exact) mass is 738 g/mol. The van der Waals surface area contributed by atoms with Gasteiger partial charge >= 0.3 is 6.85 Å². The highest BCUT2D eigenvalue weighted by Crippen LogP contribution is 2.58. The number of ether oxygens (including phenoxy) is 1. The molecule has 5 heterocycles. The Balaban J connectivity index is 1.24. The second kappa shape index (κ2) is 10.5. The van der Waals surface area contributed by atoms with Gasteiger partial charge in [0.05, 0.1) is 11.4 Å². The summed E-state index contributed by atoms with van der Waals surface area (Å²) in [6.07, 6.45) is 2.32. The minimum absolute atomic E-state index is 0.0359. The fraction of sp³-hybridized carbons (Fsp3) is 0.176. The first-order valence-electron chi connectivity index (χ1n) is 20.3. The molecule has 0 saturated heterocycles. The molecule has 9 aromatic rings. The molecule has 0 N–H and O–H groups in total. The third-order valence-corrected chi connectivity index (χ3v) is 13.8. The van der Waals surface area contributed by atoms with Crippen molar-refractivity contribution in [2.75, 3.05) is 9.71 Å². The lowest BCUT2D eigenvalue weighted by atomic mass is 9.43. The Morgan fingerprint density at radius 2 is 1.21 bits per heavy atom. The van der Waals surface area contributed by atoms with Crippen LogP contribution in [0.15, 0.2) is 130 Å². The molecule has 0 fully saturated rings. The van der Waals surface area contributed by atoms with Crippen molar-refractivity contribution < 1.29 is 13.6 Å². The van der Waals surface area contributed by atoms with E-state index in [4.69, 9.17) is 13.6 Å². The standard InChI is InChI=1S/C51H39BN2O3/c1-28-25-34-35(51(4,5)24-23-50(34,2)3)27-38(28)53-37-22-21-31-29-13-6-9-17-40(29)57-49(31)46(37)52-45-39(53)26-33-30-14-7-10-18-41(30)56-48(33)44(45)32-15-12-20-43-47(32)54(52)36-16-8-11-19-42(36)55-43/h6-22,25-27H,23-24H2,1-5H3. The van der Waals surface area contributed by atoms with Crippen LogP contribution in [-0.4, -0.2) is 6.85 Å². The van der Waals surface area contributed by atoms with E-state index in [1.807, 2.05) is 0 Å². The summed E-state index contributed by atoms with van der Waals surface area (Å²) in [5.74, 6) is 1.68. The van der Waals surface area contributed by atoms with Crippen LogP contribution in [0.25, 0.3) is 55.0 Å². The number of benzene rings is 7. The smallest absolute Gasteiger partial charge is 0.337 e. The number of para-hydroxylation sites is 5. The zero-order chi connectivity index (χ0) is 38.1. The highest BCUT2D eigenvalue weighted by molar-refractivity contribution is 6.95. The van der Waals surface area contributed by atoms with Crippen LogP contribution in [0.2, 0.25) is 0 Å². The second-order valence-electron chi connectivity index (χ2n) is 17.9. The van der Waals surface area contributed by atoms with E-state index in [0.717, 1.165) is 101 Å². The number of anilines is 5. The number of furan rings is 2. The molecule has 0 spiro atoms. The summed E-state index contributed by atoms with van der Waals surface area (Å²) in [5, 5.41) is 4.45. The van der Waals surface area contributed by atoms with Gasteiger partial charge < -0.3 is 23.3 Å². The van der Waals surface area contributed by atoms with Crippen molar-refractivity contribution >= 4 is 90.1 Å². The van der Waals surface area contributed by atoms with E-state index in [1.165, 1.54) is 34.3 Å². The summed E-state index contributed by atoms with van der Waals surface area (Å²) in [7, 11) is 0. The summed E-state index contributed by atoms with van der Waals surface area (Å²) in [6, 6.07) is 43.9. The molecule has 0 saturated carbocycles. The fourth-order valence-electron chi connectivity index (χ4n) is 10.9. The molecule has 0 unspecified atom stereocenters. The van der Waals surface area contributed by atoms with Crippen LogP contribution < -0.4 is 25.4 Å². The molecule has 7 aromatic carbocycles. The third-order valence-electron chi connectivity index (χ3n) is 13.8. The van der Waals surface area contributed by atoms with Gasteiger partial charge in [-0.1, -0.05) is 94.4 Å². The van der Waals surface area contributed by atoms with Crippen LogP contribution >= 0.6 is 0 Å². The molecule has 274 valence electrons. The zero-order valence-corrected chi connectivity index (χ0v) is 32.7. The normalized spacial score (nSPS) is 16.7. The van der Waals surface area contributed by atoms with Gasteiger partial charge in [0, 0.05) is 55.2 Å². The van der Waals surface area contributed by atoms with Crippen molar-refractivity contribution in [3.63, 3.8) is 0 Å². The molecule has 5 nitrogen and oxygen atoms in total. The predicted molar refractivity (Wildman–Crippen MR) is 235 cm³/mol. The maximum atomic E-state index is 7.07. The molecule has 0 bridgehead atoms. The third kappa shape index (κ3) is 3.95. The van der Waals surface area contributed by atoms with Crippen LogP contribution in [0.4, 0.5) is 28.4 Å². The zero-order valence-electron chi connectivity index (χ0n) is 32.7. The largest absolute Gasteiger partial charge is 0.456 e. The van der Waals surface area contributed by atoms with E-state index < -0.39 is 0 Å². The second-order valence-corrected chi connectivity index (χ2v) is 17.9. The minimum Gasteiger partial charge on any atom is -0.456 e. The quantitative estimate of drug-likeness (QED) is 0.157. The molecule has 6 heteroatoms. The molecule has 0 amide bonds. The van der Waals surface area contributed by atoms with Gasteiger partial charge in [0.2, 0.25) is 0 Å². The molecule has 13 rings (SSSR count). The van der Waals surface area contributed by atoms with Crippen LogP contribution in [0.5, 0.6) is 11.5 Å². The number of rotatable bonds is 1. The average Bonchev–Trinajstić information content (AvgIpc) is 3.79. The molecule has 4 aliphatic rings. The lowest BCUT2D eigenvalue weighted by Gasteiger charge is -2.48. The van der Waals surface area contributed by atoms with Crippen molar-refractivity contribution in [3.05, 3.63) is 138 Å². The summed E-state index contributed by atoms with van der Waals surface area (Å²) >= 11 is 0. The topological polar surface area (TPSA) is 42.0 Å². The molecule has 3 aliphatic heterocycles. The first kappa shape index (κ1) is 31.8. The van der Waals surface area contributed by atoms with Crippen LogP contribution in [0.3, 0.4) is 0 Å². The molecular weight excluding hydrogens is 699 g/mol. The van der Waals surface area contributed by atoms with Crippen molar-refractivity contribution in [1.82, 2.24) is 0 Å². The number of hydrogen-bond acceptors (Lipinski definition) is 5. The summed E-state index contributed by atoms with van der Waals surface area (Å²) in [6.45, 7) is 11.7. The van der Waals surface area contributed by atoms with Crippen LogP contribution in [0.1, 0.15) is 57.2 Å². The molecule has 0 radical (unpaired) electrons. The van der Waals surface area contributed by atoms with Gasteiger partial charge in [-0.25, -0.2) is 0 Å². The first-order valence-corrected chi connectivity index (χ1v) is 20.3. The van der Waals surface area contributed by atoms with Crippen LogP contribution in [-0.2, 0) is 10.8 Å². The van der Waals surface area contributed by atoms with Gasteiger partial charge in [-0.05, 0) is 107 Å². The van der Waals surface area contributed by atoms with Crippen molar-refractivity contribution in [2.24, 2.45) is 0 Å². The van der Waals surface area contributed by atoms with Gasteiger partial charge in [-0.2, -0.15) is 0 Å². The van der Waals surface area contributed by atoms with Crippen molar-refractivity contribution in [2.45, 2.75) is 58.3 Å². The van der Waals surface area contributed by atoms with Crippen molar-refractivity contribution in [3.8, 4) is 22.6 Å². The van der Waals surface area contributed by atoms with E-state index in [1.54, 1.807) is 0 Å². The van der Waals surface area contributed by atoms with E-state index in [2.05, 4.69) is 166 Å². The Morgan fingerprint density at radius 1 is 0.544 bits per heavy atom. The first-order chi connectivity index (χ1) is 27.7. The van der Waals surface area contributed by atoms with Gasteiger partial charge in [-0.15, -0.1) is 0 Å². The minimum atomic E-state index is -0.255. The van der Waals surface area contributed by atoms with E-state index in [-0.39, 0.29) is 17.7 Å². The Morgan fingerprint density at radius 3 is 2.00 bits per heavy atom. The molecule has 57 heavy (non-hydrogen) atoms. The Labute approximate surface area is 331 Å². The Bertz CT molecular complexity index is 3280. The molecular formula is C51H39BN2O3. The SMILES string of the molecule is Cc1cc2c(cc1N1c3cc4c(oc5ccccc54)c4c3B(c3c1ccc1c3oc3ccccc31)N1c3ccccc3Oc3cccc-4c31)C(C)(C)CCC2(C)C. The van der Waals surface area contributed by atoms with Crippen LogP contribution in [0, 0.1) is 6.92 Å². The average molecular weight is 739 g/mol. The van der Waals surface area contributed by atoms with Gasteiger partial charge in [-0.3, -0.25) is 0 Å². The number of nitrogens with zero attached hydrogens (tertiary/aromatic N) is 2. The number of hydrogen-bond donors (Lipinski definition) is 0. The maximum absolute atomic E-state index is 7.07. The maximum Gasteiger partial charge on any atom is 0.337 e. The van der Waals surface area contributed by atoms with Gasteiger partial charge in [0.15, 0.2) is 5.75 Å². The highest BCUT2D eigenvalue weighted by atomic mass is 16.5. The van der Waals surface area contributed by atoms with Crippen molar-refractivity contribution in [1.29, 1.82) is 0 Å². The number of fused-ring (bicyclic) bond motifs is 15. The summed E-state index contributed by atoms with van der Waals surface area (Å²) in [4.78, 5) is 5.09. The fourth-order valence-corrected chi connectivity index (χ4v) is 10.9. The van der Waals surface area contributed by atoms with E-state index in [9.17, 15) is 0 Å². The Hall–Kier alpha value is -6.40. The van der Waals surface area contributed by atoms with Gasteiger partial charge in [0.1, 0.15) is 28.1 Å². The predicted octanol–water partition coefficient (Wildman–Crippen LogP) is 13.0. The van der Waals surface area contributed by atoms with E-state index >= 15 is 0 Å². The molecule has 2 aromatic heterocycles. The lowest BCUT2D eigenvalue weighted by molar-refractivity contribution is 0.332. The lowest BCUT2D eigenvalue weighted by Crippen LogP contribution is -2.62. The Kier molecular flexibility index (Phi) is 5.86. The molecule has 0 atom stereocenters. The molecule has 1 aliphatic carbocycles. The summed E-state index contributed by atoms with van der Waals surface area (Å²) < 4.78 is 20.8.